The van der Waals surface area contributed by atoms with Crippen molar-refractivity contribution in [2.75, 3.05) is 31.6 Å². The van der Waals surface area contributed by atoms with Gasteiger partial charge in [-0.15, -0.1) is 0 Å². The molecule has 0 aromatic carbocycles. The topological polar surface area (TPSA) is 86.6 Å². The van der Waals surface area contributed by atoms with Gasteiger partial charge in [0.1, 0.15) is 5.82 Å². The average Bonchev–Trinajstić information content (AvgIpc) is 2.40. The zero-order chi connectivity index (χ0) is 14.4. The van der Waals surface area contributed by atoms with Gasteiger partial charge >= 0.3 is 5.97 Å². The highest BCUT2D eigenvalue weighted by atomic mass is 16.4. The van der Waals surface area contributed by atoms with E-state index in [1.807, 2.05) is 13.8 Å². The first-order valence-corrected chi connectivity index (χ1v) is 6.03. The minimum absolute atomic E-state index is 0.0324. The summed E-state index contributed by atoms with van der Waals surface area (Å²) in [6, 6.07) is 0. The first-order valence-electron chi connectivity index (χ1n) is 6.03. The Morgan fingerprint density at radius 1 is 1.26 bits per heavy atom. The number of hydrogen-bond donors (Lipinski definition) is 1. The number of carbonyl (C=O) groups excluding carboxylic acids is 1. The summed E-state index contributed by atoms with van der Waals surface area (Å²) in [7, 11) is 1.68. The van der Waals surface area contributed by atoms with E-state index in [0.29, 0.717) is 18.9 Å². The second-order valence-corrected chi connectivity index (χ2v) is 3.99. The summed E-state index contributed by atoms with van der Waals surface area (Å²) in [5.74, 6) is -0.812. The van der Waals surface area contributed by atoms with Crippen molar-refractivity contribution in [2.45, 2.75) is 13.8 Å². The molecule has 0 aliphatic carbocycles. The number of carboxylic acid groups (broad SMARTS) is 1. The lowest BCUT2D eigenvalue weighted by Crippen LogP contribution is -2.39. The van der Waals surface area contributed by atoms with Gasteiger partial charge in [-0.3, -0.25) is 9.78 Å². The van der Waals surface area contributed by atoms with E-state index in [-0.39, 0.29) is 18.1 Å². The van der Waals surface area contributed by atoms with E-state index in [9.17, 15) is 9.59 Å². The Morgan fingerprint density at radius 2 is 1.89 bits per heavy atom. The fourth-order valence-electron chi connectivity index (χ4n) is 1.60. The fourth-order valence-corrected chi connectivity index (χ4v) is 1.60. The summed E-state index contributed by atoms with van der Waals surface area (Å²) in [4.78, 5) is 33.8. The number of carbonyl (C=O) groups is 2. The molecule has 7 heteroatoms. The van der Waals surface area contributed by atoms with Gasteiger partial charge in [-0.05, 0) is 13.8 Å². The van der Waals surface area contributed by atoms with Crippen LogP contribution >= 0.6 is 0 Å². The van der Waals surface area contributed by atoms with Crippen LogP contribution in [-0.2, 0) is 4.79 Å². The highest BCUT2D eigenvalue weighted by Gasteiger charge is 2.15. The van der Waals surface area contributed by atoms with E-state index in [1.54, 1.807) is 16.8 Å². The van der Waals surface area contributed by atoms with E-state index < -0.39 is 5.97 Å². The van der Waals surface area contributed by atoms with Crippen molar-refractivity contribution in [3.8, 4) is 0 Å². The third-order valence-corrected chi connectivity index (χ3v) is 2.72. The van der Waals surface area contributed by atoms with Gasteiger partial charge in [0.05, 0.1) is 18.9 Å². The molecule has 0 aliphatic rings. The molecule has 0 atom stereocenters. The monoisotopic (exact) mass is 266 g/mol. The van der Waals surface area contributed by atoms with Gasteiger partial charge in [-0.2, -0.15) is 0 Å². The van der Waals surface area contributed by atoms with Gasteiger partial charge in [0.15, 0.2) is 5.69 Å². The lowest BCUT2D eigenvalue weighted by molar-refractivity contribution is -0.129. The van der Waals surface area contributed by atoms with Crippen molar-refractivity contribution >= 4 is 17.7 Å². The number of carboxylic acids is 1. The molecule has 19 heavy (non-hydrogen) atoms. The van der Waals surface area contributed by atoms with Crippen LogP contribution in [0.1, 0.15) is 24.3 Å². The van der Waals surface area contributed by atoms with Gasteiger partial charge in [0.25, 0.3) is 0 Å². The molecule has 0 radical (unpaired) electrons. The number of anilines is 1. The highest BCUT2D eigenvalue weighted by Crippen LogP contribution is 2.08. The Labute approximate surface area is 111 Å². The minimum atomic E-state index is -1.14. The molecule has 1 heterocycles. The lowest BCUT2D eigenvalue weighted by atomic mass is 10.4. The molecule has 0 unspecified atom stereocenters. The summed E-state index contributed by atoms with van der Waals surface area (Å²) in [6.45, 7) is 5.24. The van der Waals surface area contributed by atoms with Crippen LogP contribution in [0.4, 0.5) is 5.82 Å². The minimum Gasteiger partial charge on any atom is -0.476 e. The van der Waals surface area contributed by atoms with E-state index >= 15 is 0 Å². The standard InChI is InChI=1S/C12H18N4O3/c1-4-16(5-2)11(17)8-15(3)10-7-13-6-9(14-10)12(18)19/h6-7H,4-5,8H2,1-3H3,(H,18,19). The van der Waals surface area contributed by atoms with E-state index in [2.05, 4.69) is 9.97 Å². The summed E-state index contributed by atoms with van der Waals surface area (Å²) in [5.41, 5.74) is -0.139. The van der Waals surface area contributed by atoms with E-state index in [0.717, 1.165) is 0 Å². The molecule has 0 saturated heterocycles. The van der Waals surface area contributed by atoms with Crippen molar-refractivity contribution in [3.63, 3.8) is 0 Å². The molecule has 0 bridgehead atoms. The molecule has 0 aliphatic heterocycles. The van der Waals surface area contributed by atoms with Crippen LogP contribution in [0.3, 0.4) is 0 Å². The normalized spacial score (nSPS) is 10.1. The molecule has 1 amide bonds. The quantitative estimate of drug-likeness (QED) is 0.806. The molecular weight excluding hydrogens is 248 g/mol. The van der Waals surface area contributed by atoms with Crippen molar-refractivity contribution in [1.29, 1.82) is 0 Å². The maximum atomic E-state index is 11.9. The van der Waals surface area contributed by atoms with Crippen molar-refractivity contribution in [3.05, 3.63) is 18.1 Å². The van der Waals surface area contributed by atoms with Crippen LogP contribution in [0.5, 0.6) is 0 Å². The predicted octanol–water partition coefficient (Wildman–Crippen LogP) is 0.479. The van der Waals surface area contributed by atoms with Gasteiger partial charge in [-0.1, -0.05) is 0 Å². The summed E-state index contributed by atoms with van der Waals surface area (Å²) < 4.78 is 0. The van der Waals surface area contributed by atoms with Gasteiger partial charge < -0.3 is 14.9 Å². The SMILES string of the molecule is CCN(CC)C(=O)CN(C)c1cncc(C(=O)O)n1. The van der Waals surface area contributed by atoms with Crippen LogP contribution in [0.2, 0.25) is 0 Å². The van der Waals surface area contributed by atoms with Crippen LogP contribution in [0.25, 0.3) is 0 Å². The summed E-state index contributed by atoms with van der Waals surface area (Å²) in [6.07, 6.45) is 2.60. The van der Waals surface area contributed by atoms with Gasteiger partial charge in [0, 0.05) is 20.1 Å². The van der Waals surface area contributed by atoms with Crippen LogP contribution in [-0.4, -0.2) is 58.5 Å². The number of likely N-dealkylation sites (N-methyl/N-ethyl adjacent to an activating group) is 2. The number of nitrogens with zero attached hydrogens (tertiary/aromatic N) is 4. The summed E-state index contributed by atoms with van der Waals surface area (Å²) >= 11 is 0. The third-order valence-electron chi connectivity index (χ3n) is 2.72. The molecule has 0 fully saturated rings. The Hall–Kier alpha value is -2.18. The maximum Gasteiger partial charge on any atom is 0.356 e. The molecule has 7 nitrogen and oxygen atoms in total. The molecular formula is C12H18N4O3. The average molecular weight is 266 g/mol. The van der Waals surface area contributed by atoms with Crippen molar-refractivity contribution < 1.29 is 14.7 Å². The van der Waals surface area contributed by atoms with E-state index in [1.165, 1.54) is 12.4 Å². The molecule has 0 spiro atoms. The zero-order valence-corrected chi connectivity index (χ0v) is 11.3. The predicted molar refractivity (Wildman–Crippen MR) is 70.2 cm³/mol. The van der Waals surface area contributed by atoms with Crippen LogP contribution in [0, 0.1) is 0 Å². The van der Waals surface area contributed by atoms with E-state index in [4.69, 9.17) is 5.11 Å². The van der Waals surface area contributed by atoms with Crippen LogP contribution in [0.15, 0.2) is 12.4 Å². The Morgan fingerprint density at radius 3 is 2.42 bits per heavy atom. The number of aromatic carboxylic acids is 1. The molecule has 104 valence electrons. The number of hydrogen-bond acceptors (Lipinski definition) is 5. The van der Waals surface area contributed by atoms with Crippen molar-refractivity contribution in [2.24, 2.45) is 0 Å². The second kappa shape index (κ2) is 6.67. The smallest absolute Gasteiger partial charge is 0.356 e. The van der Waals surface area contributed by atoms with Gasteiger partial charge in [0.2, 0.25) is 5.91 Å². The highest BCUT2D eigenvalue weighted by molar-refractivity contribution is 5.85. The Balaban J connectivity index is 2.78. The molecule has 1 N–H and O–H groups in total. The summed E-state index contributed by atoms with van der Waals surface area (Å²) in [5, 5.41) is 8.84. The first-order chi connectivity index (χ1) is 8.99. The van der Waals surface area contributed by atoms with Crippen molar-refractivity contribution in [1.82, 2.24) is 14.9 Å². The number of rotatable bonds is 6. The van der Waals surface area contributed by atoms with Gasteiger partial charge in [-0.25, -0.2) is 9.78 Å². The third kappa shape index (κ3) is 3.90. The molecule has 1 aromatic rings. The number of amides is 1. The van der Waals surface area contributed by atoms with Crippen LogP contribution < -0.4 is 4.90 Å². The maximum absolute atomic E-state index is 11.9. The lowest BCUT2D eigenvalue weighted by Gasteiger charge is -2.23. The molecule has 1 rings (SSSR count). The zero-order valence-electron chi connectivity index (χ0n) is 11.3. The number of aromatic nitrogens is 2. The second-order valence-electron chi connectivity index (χ2n) is 3.99. The fraction of sp³-hybridized carbons (Fsp3) is 0.500. The molecule has 1 aromatic heterocycles. The largest absolute Gasteiger partial charge is 0.476 e. The molecule has 0 saturated carbocycles. The Kier molecular flexibility index (Phi) is 5.23. The first kappa shape index (κ1) is 14.9. The Bertz CT molecular complexity index is 460.